The monoisotopic (exact) mass is 437 g/mol. The van der Waals surface area contributed by atoms with E-state index in [0.29, 0.717) is 11.0 Å². The topological polar surface area (TPSA) is 38.3 Å². The molecule has 0 aliphatic heterocycles. The largest absolute Gasteiger partial charge is 0.497 e. The molecule has 4 aliphatic carbocycles. The minimum atomic E-state index is -0.0713. The lowest BCUT2D eigenvalue weighted by Crippen LogP contribution is -2.55. The van der Waals surface area contributed by atoms with E-state index in [2.05, 4.69) is 47.8 Å². The maximum atomic E-state index is 12.8. The number of nitrogens with one attached hydrogen (secondary N) is 1. The highest BCUT2D eigenvalue weighted by Crippen LogP contribution is 2.66. The second-order valence-corrected chi connectivity index (χ2v) is 10.6. The fourth-order valence-electron chi connectivity index (χ4n) is 7.58. The molecule has 1 N–H and O–H groups in total. The lowest BCUT2D eigenvalue weighted by atomic mass is 9.42. The van der Waals surface area contributed by atoms with Crippen LogP contribution in [0.4, 0.5) is 5.69 Å². The molecular formula is C30H31NO2. The normalized spacial score (nSPS) is 29.6. The predicted octanol–water partition coefficient (Wildman–Crippen LogP) is 6.74. The number of anilines is 1. The molecule has 7 rings (SSSR count). The van der Waals surface area contributed by atoms with E-state index in [4.69, 9.17) is 4.74 Å². The van der Waals surface area contributed by atoms with Gasteiger partial charge in [-0.3, -0.25) is 4.79 Å². The van der Waals surface area contributed by atoms with E-state index in [1.54, 1.807) is 12.7 Å². The summed E-state index contributed by atoms with van der Waals surface area (Å²) in [6.07, 6.45) is 7.94. The maximum absolute atomic E-state index is 12.8. The Morgan fingerprint density at radius 2 is 1.36 bits per heavy atom. The van der Waals surface area contributed by atoms with Gasteiger partial charge in [0.15, 0.2) is 0 Å². The van der Waals surface area contributed by atoms with Crippen LogP contribution >= 0.6 is 0 Å². The number of benzene rings is 3. The molecule has 3 heteroatoms. The number of carbonyl (C=O) groups is 1. The van der Waals surface area contributed by atoms with E-state index < -0.39 is 0 Å². The Bertz CT molecular complexity index is 1140. The molecule has 4 fully saturated rings. The molecule has 3 aromatic rings. The summed E-state index contributed by atoms with van der Waals surface area (Å²) >= 11 is 0. The maximum Gasteiger partial charge on any atom is 0.255 e. The fraction of sp³-hybridized carbons (Fsp3) is 0.367. The van der Waals surface area contributed by atoms with Crippen LogP contribution in [0.25, 0.3) is 0 Å². The van der Waals surface area contributed by atoms with Gasteiger partial charge in [0.1, 0.15) is 5.75 Å². The third kappa shape index (κ3) is 3.55. The molecule has 3 nitrogen and oxygen atoms in total. The van der Waals surface area contributed by atoms with Crippen molar-refractivity contribution in [1.82, 2.24) is 0 Å². The molecule has 0 heterocycles. The van der Waals surface area contributed by atoms with Gasteiger partial charge in [0.25, 0.3) is 5.91 Å². The molecule has 0 unspecified atom stereocenters. The van der Waals surface area contributed by atoms with Gasteiger partial charge in [-0.15, -0.1) is 0 Å². The molecule has 0 spiro atoms. The molecule has 2 atom stereocenters. The van der Waals surface area contributed by atoms with Crippen LogP contribution in [0, 0.1) is 11.8 Å². The van der Waals surface area contributed by atoms with Crippen molar-refractivity contribution in [2.45, 2.75) is 49.4 Å². The number of hydrogen-bond donors (Lipinski definition) is 1. The summed E-state index contributed by atoms with van der Waals surface area (Å²) in [4.78, 5) is 12.8. The van der Waals surface area contributed by atoms with Crippen LogP contribution in [0.3, 0.4) is 0 Å². The van der Waals surface area contributed by atoms with Gasteiger partial charge < -0.3 is 10.1 Å². The smallest absolute Gasteiger partial charge is 0.255 e. The van der Waals surface area contributed by atoms with Crippen molar-refractivity contribution in [3.63, 3.8) is 0 Å². The van der Waals surface area contributed by atoms with Crippen LogP contribution in [-0.2, 0) is 10.8 Å². The first-order valence-corrected chi connectivity index (χ1v) is 12.2. The van der Waals surface area contributed by atoms with Gasteiger partial charge >= 0.3 is 0 Å². The van der Waals surface area contributed by atoms with E-state index in [-0.39, 0.29) is 11.3 Å². The zero-order valence-electron chi connectivity index (χ0n) is 19.2. The number of ether oxygens (including phenoxy) is 1. The summed E-state index contributed by atoms with van der Waals surface area (Å²) in [7, 11) is 1.64. The first kappa shape index (κ1) is 20.5. The third-order valence-corrected chi connectivity index (χ3v) is 8.55. The lowest BCUT2D eigenvalue weighted by molar-refractivity contribution is -0.0281. The summed E-state index contributed by atoms with van der Waals surface area (Å²) in [6, 6.07) is 27.2. The van der Waals surface area contributed by atoms with Crippen LogP contribution in [0.1, 0.15) is 60.0 Å². The molecule has 4 bridgehead atoms. The van der Waals surface area contributed by atoms with Gasteiger partial charge in [0, 0.05) is 11.3 Å². The Morgan fingerprint density at radius 1 is 0.788 bits per heavy atom. The Kier molecular flexibility index (Phi) is 4.83. The minimum Gasteiger partial charge on any atom is -0.497 e. The first-order chi connectivity index (χ1) is 16.1. The zero-order valence-corrected chi connectivity index (χ0v) is 19.2. The van der Waals surface area contributed by atoms with Crippen LogP contribution in [0.5, 0.6) is 5.75 Å². The van der Waals surface area contributed by atoms with Crippen LogP contribution < -0.4 is 10.1 Å². The Hall–Kier alpha value is -3.07. The Balaban J connectivity index is 1.25. The average molecular weight is 438 g/mol. The number of methoxy groups -OCH3 is 1. The molecule has 0 aromatic heterocycles. The highest BCUT2D eigenvalue weighted by molar-refractivity contribution is 6.04. The first-order valence-electron chi connectivity index (χ1n) is 12.2. The Labute approximate surface area is 196 Å². The van der Waals surface area contributed by atoms with Gasteiger partial charge in [-0.25, -0.2) is 0 Å². The minimum absolute atomic E-state index is 0.0713. The van der Waals surface area contributed by atoms with Crippen LogP contribution in [0.2, 0.25) is 0 Å². The molecule has 0 radical (unpaired) electrons. The average Bonchev–Trinajstić information content (AvgIpc) is 2.84. The highest BCUT2D eigenvalue weighted by atomic mass is 16.5. The fourth-order valence-corrected chi connectivity index (χ4v) is 7.58. The lowest BCUT2D eigenvalue weighted by Gasteiger charge is -2.62. The van der Waals surface area contributed by atoms with Crippen molar-refractivity contribution in [3.8, 4) is 5.75 Å². The molecule has 1 amide bonds. The van der Waals surface area contributed by atoms with E-state index in [0.717, 1.165) is 23.3 Å². The van der Waals surface area contributed by atoms with Gasteiger partial charge in [0.05, 0.1) is 7.11 Å². The van der Waals surface area contributed by atoms with Crippen LogP contribution in [0.15, 0.2) is 78.9 Å². The highest BCUT2D eigenvalue weighted by Gasteiger charge is 2.58. The summed E-state index contributed by atoms with van der Waals surface area (Å²) in [6.45, 7) is 0. The van der Waals surface area contributed by atoms with Gasteiger partial charge in [0.2, 0.25) is 0 Å². The molecule has 0 saturated heterocycles. The standard InChI is InChI=1S/C30H31NO2/c1-33-27-13-11-26(12-14-27)31-28(32)23-7-9-25(10-8-23)30-18-21-15-22(19-30)17-29(16-21,20-30)24-5-3-2-4-6-24/h2-14,21-22H,15-20H2,1H3,(H,31,32)/t21-,22-,29?,30?/m0/s1. The SMILES string of the molecule is COc1ccc(NC(=O)c2ccc(C34C[C@H]5C[C@@H](CC(c6ccccc6)(C5)C3)C4)cc2)cc1. The molecule has 4 aliphatic rings. The summed E-state index contributed by atoms with van der Waals surface area (Å²) in [5.74, 6) is 2.35. The Morgan fingerprint density at radius 3 is 1.94 bits per heavy atom. The summed E-state index contributed by atoms with van der Waals surface area (Å²) in [5, 5.41) is 3.00. The van der Waals surface area contributed by atoms with E-state index >= 15 is 0 Å². The zero-order chi connectivity index (χ0) is 22.5. The quantitative estimate of drug-likeness (QED) is 0.480. The third-order valence-electron chi connectivity index (χ3n) is 8.55. The van der Waals surface area contributed by atoms with Gasteiger partial charge in [-0.2, -0.15) is 0 Å². The number of carbonyl (C=O) groups excluding carboxylic acids is 1. The second-order valence-electron chi connectivity index (χ2n) is 10.6. The molecule has 33 heavy (non-hydrogen) atoms. The molecule has 168 valence electrons. The molecule has 4 saturated carbocycles. The second kappa shape index (κ2) is 7.76. The van der Waals surface area contributed by atoms with Gasteiger partial charge in [-0.1, -0.05) is 42.5 Å². The molecular weight excluding hydrogens is 406 g/mol. The number of amides is 1. The summed E-state index contributed by atoms with van der Waals surface area (Å²) in [5.41, 5.74) is 5.03. The number of hydrogen-bond acceptors (Lipinski definition) is 2. The van der Waals surface area contributed by atoms with Crippen molar-refractivity contribution in [2.75, 3.05) is 12.4 Å². The summed E-state index contributed by atoms with van der Waals surface area (Å²) < 4.78 is 5.20. The van der Waals surface area contributed by atoms with Crippen LogP contribution in [-0.4, -0.2) is 13.0 Å². The van der Waals surface area contributed by atoms with E-state index in [9.17, 15) is 4.79 Å². The van der Waals surface area contributed by atoms with Crippen molar-refractivity contribution in [1.29, 1.82) is 0 Å². The van der Waals surface area contributed by atoms with Crippen molar-refractivity contribution < 1.29 is 9.53 Å². The van der Waals surface area contributed by atoms with Crippen molar-refractivity contribution >= 4 is 11.6 Å². The van der Waals surface area contributed by atoms with Gasteiger partial charge in [-0.05, 0) is 109 Å². The van der Waals surface area contributed by atoms with Crippen molar-refractivity contribution in [2.24, 2.45) is 11.8 Å². The van der Waals surface area contributed by atoms with Crippen molar-refractivity contribution in [3.05, 3.63) is 95.6 Å². The number of rotatable bonds is 5. The molecule has 3 aromatic carbocycles. The van der Waals surface area contributed by atoms with E-state index in [1.807, 2.05) is 36.4 Å². The predicted molar refractivity (Wildman–Crippen MR) is 132 cm³/mol. The van der Waals surface area contributed by atoms with E-state index in [1.165, 1.54) is 44.1 Å².